The number of H-pyrrole nitrogens is 1. The van der Waals surface area contributed by atoms with E-state index in [-0.39, 0.29) is 35.2 Å². The van der Waals surface area contributed by atoms with E-state index in [0.29, 0.717) is 12.3 Å². The largest absolute Gasteiger partial charge is 0.489 e. The third kappa shape index (κ3) is 6.64. The molecular weight excluding hydrogens is 550 g/mol. The van der Waals surface area contributed by atoms with E-state index in [1.54, 1.807) is 30.7 Å². The van der Waals surface area contributed by atoms with E-state index in [1.807, 2.05) is 50.2 Å². The molecule has 226 valence electrons. The van der Waals surface area contributed by atoms with Gasteiger partial charge in [0, 0.05) is 35.7 Å². The van der Waals surface area contributed by atoms with Crippen LogP contribution < -0.4 is 20.5 Å². The second kappa shape index (κ2) is 13.1. The number of fused-ring (bicyclic) bond motifs is 1. The maximum Gasteiger partial charge on any atom is 0.326 e. The lowest BCUT2D eigenvalue weighted by molar-refractivity contribution is 0.255. The first-order valence-corrected chi connectivity index (χ1v) is 15.0. The van der Waals surface area contributed by atoms with Gasteiger partial charge in [-0.1, -0.05) is 39.8 Å². The smallest absolute Gasteiger partial charge is 0.326 e. The molecule has 0 aliphatic rings. The topological polar surface area (TPSA) is 100 Å². The predicted molar refractivity (Wildman–Crippen MR) is 178 cm³/mol. The number of rotatable bonds is 9. The maximum absolute atomic E-state index is 14.0. The second-order valence-electron chi connectivity index (χ2n) is 11.8. The first-order chi connectivity index (χ1) is 21.1. The van der Waals surface area contributed by atoms with Gasteiger partial charge in [-0.15, -0.1) is 0 Å². The number of nitrogens with zero attached hydrogens (tertiary/aromatic N) is 3. The van der Waals surface area contributed by atoms with E-state index in [4.69, 9.17) is 4.74 Å². The Labute approximate surface area is 258 Å². The summed E-state index contributed by atoms with van der Waals surface area (Å²) in [6, 6.07) is 21.0. The van der Waals surface area contributed by atoms with Gasteiger partial charge in [0.05, 0.1) is 0 Å². The summed E-state index contributed by atoms with van der Waals surface area (Å²) in [5.41, 5.74) is 6.32. The zero-order chi connectivity index (χ0) is 31.4. The van der Waals surface area contributed by atoms with Crippen LogP contribution in [0.15, 0.2) is 90.1 Å². The molecule has 2 aromatic carbocycles. The van der Waals surface area contributed by atoms with Gasteiger partial charge in [-0.25, -0.2) is 9.78 Å². The Morgan fingerprint density at radius 3 is 2.23 bits per heavy atom. The van der Waals surface area contributed by atoms with E-state index < -0.39 is 0 Å². The van der Waals surface area contributed by atoms with Crippen molar-refractivity contribution in [3.05, 3.63) is 112 Å². The van der Waals surface area contributed by atoms with Crippen LogP contribution in [0.25, 0.3) is 22.2 Å². The van der Waals surface area contributed by atoms with Crippen molar-refractivity contribution in [3.63, 3.8) is 0 Å². The number of amides is 2. The van der Waals surface area contributed by atoms with Gasteiger partial charge in [0.1, 0.15) is 23.7 Å². The highest BCUT2D eigenvalue weighted by molar-refractivity contribution is 6.04. The molecule has 8 nitrogen and oxygen atoms in total. The first-order valence-electron chi connectivity index (χ1n) is 15.0. The summed E-state index contributed by atoms with van der Waals surface area (Å²) in [7, 11) is 0. The molecule has 0 bridgehead atoms. The highest BCUT2D eigenvalue weighted by Crippen LogP contribution is 2.38. The van der Waals surface area contributed by atoms with Gasteiger partial charge in [-0.2, -0.15) is 0 Å². The lowest BCUT2D eigenvalue weighted by Gasteiger charge is -2.29. The van der Waals surface area contributed by atoms with Crippen molar-refractivity contribution < 1.29 is 9.53 Å². The normalized spacial score (nSPS) is 11.4. The number of aromatic amines is 1. The van der Waals surface area contributed by atoms with E-state index in [1.165, 1.54) is 4.90 Å². The Kier molecular flexibility index (Phi) is 9.09. The molecular formula is C36H39N5O3. The number of anilines is 2. The minimum atomic E-state index is -0.366. The number of hydrogen-bond acceptors (Lipinski definition) is 5. The van der Waals surface area contributed by atoms with Crippen molar-refractivity contribution in [2.24, 2.45) is 0 Å². The molecule has 3 aromatic heterocycles. The Balaban J connectivity index is 1.50. The summed E-state index contributed by atoms with van der Waals surface area (Å²) in [5, 5.41) is 3.97. The van der Waals surface area contributed by atoms with Crippen LogP contribution >= 0.6 is 0 Å². The van der Waals surface area contributed by atoms with E-state index in [2.05, 4.69) is 66.2 Å². The molecule has 0 atom stereocenters. The molecule has 3 heterocycles. The second-order valence-corrected chi connectivity index (χ2v) is 11.8. The average Bonchev–Trinajstić information content (AvgIpc) is 3.00. The van der Waals surface area contributed by atoms with E-state index in [0.717, 1.165) is 44.6 Å². The Bertz CT molecular complexity index is 1800. The highest BCUT2D eigenvalue weighted by Gasteiger charge is 2.26. The highest BCUT2D eigenvalue weighted by atomic mass is 16.5. The van der Waals surface area contributed by atoms with Crippen LogP contribution in [0.4, 0.5) is 16.2 Å². The fraction of sp³-hybridized carbons (Fsp3) is 0.278. The van der Waals surface area contributed by atoms with Crippen LogP contribution in [0, 0.1) is 0 Å². The summed E-state index contributed by atoms with van der Waals surface area (Å²) in [5.74, 6) is 1.02. The monoisotopic (exact) mass is 589 g/mol. The minimum absolute atomic E-state index is 0.122. The molecule has 44 heavy (non-hydrogen) atoms. The molecule has 0 spiro atoms. The van der Waals surface area contributed by atoms with Gasteiger partial charge < -0.3 is 15.0 Å². The third-order valence-electron chi connectivity index (χ3n) is 7.59. The fourth-order valence-corrected chi connectivity index (χ4v) is 5.31. The van der Waals surface area contributed by atoms with Crippen molar-refractivity contribution in [1.82, 2.24) is 15.0 Å². The number of pyridine rings is 3. The van der Waals surface area contributed by atoms with Gasteiger partial charge in [0.2, 0.25) is 0 Å². The van der Waals surface area contributed by atoms with Gasteiger partial charge in [0.15, 0.2) is 0 Å². The van der Waals surface area contributed by atoms with Gasteiger partial charge >= 0.3 is 6.03 Å². The van der Waals surface area contributed by atoms with Crippen molar-refractivity contribution in [2.75, 3.05) is 10.2 Å². The fourth-order valence-electron chi connectivity index (χ4n) is 5.31. The van der Waals surface area contributed by atoms with Crippen LogP contribution in [0.5, 0.6) is 5.75 Å². The molecule has 0 unspecified atom stereocenters. The molecule has 8 heteroatoms. The zero-order valence-electron chi connectivity index (χ0n) is 26.1. The number of carbonyl (C=O) groups is 1. The molecule has 5 aromatic rings. The molecule has 0 fully saturated rings. The standard InChI is InChI=1S/C36H39N5O3/c1-22(2)30-18-28(26-9-7-11-29(17-26)44-21-25-12-15-37-16-13-25)19-31(23(3)4)33(30)39-36(43)41(24(5)6)32-20-27-10-8-14-38-34(27)40-35(32)42/h7-20,22-24H,21H2,1-6H3,(H,39,43)(H,38,40,42). The van der Waals surface area contributed by atoms with E-state index >= 15 is 0 Å². The van der Waals surface area contributed by atoms with Crippen LogP contribution in [-0.4, -0.2) is 27.0 Å². The Hall–Kier alpha value is -4.98. The number of carbonyl (C=O) groups excluding carboxylic acids is 1. The zero-order valence-corrected chi connectivity index (χ0v) is 26.1. The maximum atomic E-state index is 14.0. The predicted octanol–water partition coefficient (Wildman–Crippen LogP) is 8.26. The van der Waals surface area contributed by atoms with Crippen molar-refractivity contribution in [2.45, 2.75) is 66.0 Å². The van der Waals surface area contributed by atoms with Gasteiger partial charge in [-0.3, -0.25) is 14.7 Å². The summed E-state index contributed by atoms with van der Waals surface area (Å²) in [6.45, 7) is 12.7. The SMILES string of the molecule is CC(C)c1cc(-c2cccc(OCc3ccncc3)c2)cc(C(C)C)c1NC(=O)N(c1cc2cccnc2[nH]c1=O)C(C)C. The average molecular weight is 590 g/mol. The molecule has 0 saturated heterocycles. The first kappa shape index (κ1) is 30.5. The third-order valence-corrected chi connectivity index (χ3v) is 7.59. The van der Waals surface area contributed by atoms with Crippen LogP contribution in [0.2, 0.25) is 0 Å². The Morgan fingerprint density at radius 1 is 0.864 bits per heavy atom. The van der Waals surface area contributed by atoms with Crippen LogP contribution in [0.3, 0.4) is 0 Å². The molecule has 0 saturated carbocycles. The van der Waals surface area contributed by atoms with E-state index in [9.17, 15) is 9.59 Å². The number of urea groups is 1. The number of ether oxygens (including phenoxy) is 1. The van der Waals surface area contributed by atoms with Gasteiger partial charge in [0.25, 0.3) is 5.56 Å². The lowest BCUT2D eigenvalue weighted by Crippen LogP contribution is -2.43. The summed E-state index contributed by atoms with van der Waals surface area (Å²) < 4.78 is 6.09. The summed E-state index contributed by atoms with van der Waals surface area (Å²) in [6.07, 6.45) is 5.14. The summed E-state index contributed by atoms with van der Waals surface area (Å²) in [4.78, 5) is 39.8. The van der Waals surface area contributed by atoms with Gasteiger partial charge in [-0.05, 0) is 108 Å². The quantitative estimate of drug-likeness (QED) is 0.180. The lowest BCUT2D eigenvalue weighted by atomic mass is 9.88. The molecule has 0 aliphatic carbocycles. The van der Waals surface area contributed by atoms with Crippen molar-refractivity contribution in [3.8, 4) is 16.9 Å². The minimum Gasteiger partial charge on any atom is -0.489 e. The molecule has 2 amide bonds. The molecule has 0 radical (unpaired) electrons. The number of nitrogens with one attached hydrogen (secondary N) is 2. The Morgan fingerprint density at radius 2 is 1.57 bits per heavy atom. The van der Waals surface area contributed by atoms with Crippen molar-refractivity contribution >= 4 is 28.4 Å². The molecule has 2 N–H and O–H groups in total. The number of hydrogen-bond donors (Lipinski definition) is 2. The number of benzene rings is 2. The summed E-state index contributed by atoms with van der Waals surface area (Å²) >= 11 is 0. The van der Waals surface area contributed by atoms with Crippen LogP contribution in [-0.2, 0) is 6.61 Å². The molecule has 5 rings (SSSR count). The molecule has 0 aliphatic heterocycles. The van der Waals surface area contributed by atoms with Crippen molar-refractivity contribution in [1.29, 1.82) is 0 Å². The van der Waals surface area contributed by atoms with Crippen LogP contribution in [0.1, 0.15) is 70.1 Å². The number of aromatic nitrogens is 3.